The van der Waals surface area contributed by atoms with Gasteiger partial charge in [0.2, 0.25) is 0 Å². The second-order valence-corrected chi connectivity index (χ2v) is 14.8. The van der Waals surface area contributed by atoms with Gasteiger partial charge in [-0.1, -0.05) is 101 Å². The predicted molar refractivity (Wildman–Crippen MR) is 227 cm³/mol. The lowest BCUT2D eigenvalue weighted by Crippen LogP contribution is -2.29. The molecule has 8 rings (SSSR count). The third kappa shape index (κ3) is 6.63. The topological polar surface area (TPSA) is 36.0 Å². The Morgan fingerprint density at radius 3 is 1.00 bits per heavy atom. The first-order chi connectivity index (χ1) is 26.6. The van der Waals surface area contributed by atoms with Crippen molar-refractivity contribution >= 4 is 45.8 Å². The first-order valence-electron chi connectivity index (χ1n) is 18.7. The first kappa shape index (κ1) is 35.4. The quantitative estimate of drug-likeness (QED) is 0.139. The Hall–Kier alpha value is -6.59. The summed E-state index contributed by atoms with van der Waals surface area (Å²) in [7, 11) is 3.96. The molecule has 0 fully saturated rings. The van der Waals surface area contributed by atoms with Crippen LogP contribution in [0.2, 0.25) is 0 Å². The average molecular weight is 720 g/mol. The smallest absolute Gasteiger partial charge is 0.340 e. The maximum absolute atomic E-state index is 13.9. The van der Waals surface area contributed by atoms with Crippen LogP contribution in [0.15, 0.2) is 164 Å². The average Bonchev–Trinajstić information content (AvgIpc) is 3.50. The lowest BCUT2D eigenvalue weighted by atomic mass is 9.79. The first-order valence-corrected chi connectivity index (χ1v) is 18.7. The lowest BCUT2D eigenvalue weighted by molar-refractivity contribution is 0.0251. The number of fused-ring (bicyclic) bond motifs is 1. The third-order valence-electron chi connectivity index (χ3n) is 10.6. The van der Waals surface area contributed by atoms with E-state index in [4.69, 9.17) is 4.74 Å². The van der Waals surface area contributed by atoms with Crippen LogP contribution in [0.5, 0.6) is 0 Å². The van der Waals surface area contributed by atoms with Crippen LogP contribution in [-0.2, 0) is 10.3 Å². The summed E-state index contributed by atoms with van der Waals surface area (Å²) < 4.78 is 6.63. The van der Waals surface area contributed by atoms with Gasteiger partial charge in [0.05, 0.1) is 5.56 Å². The van der Waals surface area contributed by atoms with Crippen LogP contribution in [0.4, 0.5) is 39.8 Å². The van der Waals surface area contributed by atoms with E-state index in [1.807, 2.05) is 31.1 Å². The maximum atomic E-state index is 13.9. The summed E-state index contributed by atoms with van der Waals surface area (Å²) in [6.07, 6.45) is 0. The molecule has 0 saturated heterocycles. The molecule has 0 unspecified atom stereocenters. The molecule has 7 aromatic rings. The molecular weight excluding hydrogens is 675 g/mol. The second kappa shape index (κ2) is 14.3. The normalized spacial score (nSPS) is 12.9. The minimum atomic E-state index is -1.16. The molecule has 5 heteroatoms. The molecule has 0 aliphatic carbocycles. The molecule has 0 radical (unpaired) electrons. The number of carbonyl (C=O) groups excluding carboxylic acids is 1. The number of cyclic esters (lactones) is 1. The van der Waals surface area contributed by atoms with E-state index in [9.17, 15) is 4.79 Å². The number of aryl methyl sites for hydroxylation is 4. The molecule has 0 N–H and O–H groups in total. The van der Waals surface area contributed by atoms with Crippen LogP contribution in [0.3, 0.4) is 0 Å². The van der Waals surface area contributed by atoms with Crippen LogP contribution in [0.1, 0.15) is 49.3 Å². The third-order valence-corrected chi connectivity index (χ3v) is 10.6. The fourth-order valence-corrected chi connectivity index (χ4v) is 7.49. The Morgan fingerprint density at radius 1 is 0.400 bits per heavy atom. The number of rotatable bonds is 9. The van der Waals surface area contributed by atoms with Crippen LogP contribution >= 0.6 is 0 Å². The van der Waals surface area contributed by atoms with Crippen molar-refractivity contribution in [2.45, 2.75) is 33.3 Å². The van der Waals surface area contributed by atoms with E-state index in [0.717, 1.165) is 56.5 Å². The van der Waals surface area contributed by atoms with Crippen LogP contribution in [0, 0.1) is 27.7 Å². The molecule has 0 aromatic heterocycles. The fraction of sp³-hybridized carbons (Fsp3) is 0.140. The van der Waals surface area contributed by atoms with E-state index in [1.165, 1.54) is 22.3 Å². The standard InChI is InChI=1S/C50H45N3O2/c1-34-7-19-40(20-8-34)52(41-21-9-35(2)10-22-41)44-27-15-38(16-28-44)50(48-32-31-46(51(5)6)33-47(48)49(54)55-50)39-17-29-45(30-18-39)53(42-23-11-36(3)12-24-42)43-25-13-37(4)14-26-43/h7-33H,1-6H3. The Labute approximate surface area is 324 Å². The molecule has 55 heavy (non-hydrogen) atoms. The van der Waals surface area contributed by atoms with Crippen molar-refractivity contribution in [3.8, 4) is 0 Å². The van der Waals surface area contributed by atoms with E-state index >= 15 is 0 Å². The van der Waals surface area contributed by atoms with E-state index in [-0.39, 0.29) is 5.97 Å². The molecule has 0 spiro atoms. The molecule has 0 bridgehead atoms. The summed E-state index contributed by atoms with van der Waals surface area (Å²) in [5.41, 5.74) is 14.0. The number of hydrogen-bond acceptors (Lipinski definition) is 5. The largest absolute Gasteiger partial charge is 0.441 e. The van der Waals surface area contributed by atoms with Gasteiger partial charge in [-0.25, -0.2) is 4.79 Å². The molecule has 7 aromatic carbocycles. The highest BCUT2D eigenvalue weighted by Gasteiger charge is 2.49. The van der Waals surface area contributed by atoms with Crippen LogP contribution in [-0.4, -0.2) is 20.1 Å². The Bertz CT molecular complexity index is 2220. The van der Waals surface area contributed by atoms with Crippen LogP contribution < -0.4 is 14.7 Å². The van der Waals surface area contributed by atoms with Crippen molar-refractivity contribution in [1.82, 2.24) is 0 Å². The lowest BCUT2D eigenvalue weighted by Gasteiger charge is -2.32. The molecule has 1 aliphatic rings. The predicted octanol–water partition coefficient (Wildman–Crippen LogP) is 12.4. The van der Waals surface area contributed by atoms with E-state index in [1.54, 1.807) is 0 Å². The molecule has 1 aliphatic heterocycles. The van der Waals surface area contributed by atoms with E-state index < -0.39 is 5.60 Å². The number of esters is 1. The van der Waals surface area contributed by atoms with Gasteiger partial charge in [-0.3, -0.25) is 0 Å². The second-order valence-electron chi connectivity index (χ2n) is 14.8. The van der Waals surface area contributed by atoms with Crippen molar-refractivity contribution in [2.24, 2.45) is 0 Å². The number of benzene rings is 7. The molecule has 0 atom stereocenters. The highest BCUT2D eigenvalue weighted by molar-refractivity contribution is 5.97. The SMILES string of the molecule is Cc1ccc(N(c2ccc(C)cc2)c2ccc(C3(c4ccc(N(c5ccc(C)cc5)c5ccc(C)cc5)cc4)OC(=O)c4cc(N(C)C)ccc43)cc2)cc1. The summed E-state index contributed by atoms with van der Waals surface area (Å²) >= 11 is 0. The van der Waals surface area contributed by atoms with Gasteiger partial charge in [-0.2, -0.15) is 0 Å². The molecular formula is C50H45N3O2. The molecule has 5 nitrogen and oxygen atoms in total. The van der Waals surface area contributed by atoms with Gasteiger partial charge in [0.1, 0.15) is 0 Å². The Kier molecular flexibility index (Phi) is 9.24. The zero-order valence-electron chi connectivity index (χ0n) is 32.2. The maximum Gasteiger partial charge on any atom is 0.340 e. The zero-order valence-corrected chi connectivity index (χ0v) is 32.2. The van der Waals surface area contributed by atoms with Gasteiger partial charge >= 0.3 is 5.97 Å². The van der Waals surface area contributed by atoms with Gasteiger partial charge in [-0.05, 0) is 113 Å². The summed E-state index contributed by atoms with van der Waals surface area (Å²) in [6, 6.07) is 57.3. The van der Waals surface area contributed by atoms with E-state index in [0.29, 0.717) is 5.56 Å². The summed E-state index contributed by atoms with van der Waals surface area (Å²) in [5.74, 6) is -0.339. The van der Waals surface area contributed by atoms with Gasteiger partial charge in [-0.15, -0.1) is 0 Å². The van der Waals surface area contributed by atoms with Crippen molar-refractivity contribution in [2.75, 3.05) is 28.8 Å². The highest BCUT2D eigenvalue weighted by Crippen LogP contribution is 2.49. The van der Waals surface area contributed by atoms with Crippen molar-refractivity contribution in [1.29, 1.82) is 0 Å². The molecule has 0 saturated carbocycles. The minimum absolute atomic E-state index is 0.339. The molecule has 0 amide bonds. The van der Waals surface area contributed by atoms with Crippen molar-refractivity contribution < 1.29 is 9.53 Å². The van der Waals surface area contributed by atoms with Crippen molar-refractivity contribution in [3.63, 3.8) is 0 Å². The summed E-state index contributed by atoms with van der Waals surface area (Å²) in [5, 5.41) is 0. The summed E-state index contributed by atoms with van der Waals surface area (Å²) in [6.45, 7) is 8.41. The highest BCUT2D eigenvalue weighted by atomic mass is 16.6. The zero-order chi connectivity index (χ0) is 38.3. The monoisotopic (exact) mass is 719 g/mol. The molecule has 1 heterocycles. The Balaban J connectivity index is 1.26. The number of carbonyl (C=O) groups is 1. The van der Waals surface area contributed by atoms with E-state index in [2.05, 4.69) is 189 Å². The van der Waals surface area contributed by atoms with Crippen molar-refractivity contribution in [3.05, 3.63) is 208 Å². The number of hydrogen-bond donors (Lipinski definition) is 0. The minimum Gasteiger partial charge on any atom is -0.441 e. The van der Waals surface area contributed by atoms with Gasteiger partial charge in [0.15, 0.2) is 5.60 Å². The van der Waals surface area contributed by atoms with Gasteiger partial charge < -0.3 is 19.4 Å². The summed E-state index contributed by atoms with van der Waals surface area (Å²) in [4.78, 5) is 20.5. The van der Waals surface area contributed by atoms with Gasteiger partial charge in [0, 0.05) is 70.6 Å². The van der Waals surface area contributed by atoms with Gasteiger partial charge in [0.25, 0.3) is 0 Å². The number of ether oxygens (including phenoxy) is 1. The van der Waals surface area contributed by atoms with Crippen LogP contribution in [0.25, 0.3) is 0 Å². The molecule has 272 valence electrons. The number of nitrogens with zero attached hydrogens (tertiary/aromatic N) is 3. The Morgan fingerprint density at radius 2 is 0.691 bits per heavy atom. The fourth-order valence-electron chi connectivity index (χ4n) is 7.49. The number of anilines is 7.